The third-order valence-electron chi connectivity index (χ3n) is 5.40. The van der Waals surface area contributed by atoms with E-state index in [1.807, 2.05) is 32.2 Å². The van der Waals surface area contributed by atoms with E-state index in [4.69, 9.17) is 4.74 Å². The van der Waals surface area contributed by atoms with Crippen LogP contribution in [0.2, 0.25) is 0 Å². The number of ether oxygens (including phenoxy) is 1. The summed E-state index contributed by atoms with van der Waals surface area (Å²) in [7, 11) is 0. The first-order chi connectivity index (χ1) is 14.9. The van der Waals surface area contributed by atoms with Gasteiger partial charge < -0.3 is 14.5 Å². The molecule has 0 aliphatic carbocycles. The zero-order valence-electron chi connectivity index (χ0n) is 18.5. The normalized spacial score (nSPS) is 15.6. The Hall–Kier alpha value is -2.41. The van der Waals surface area contributed by atoms with Crippen molar-refractivity contribution in [3.05, 3.63) is 52.0 Å². The van der Waals surface area contributed by atoms with Gasteiger partial charge in [-0.2, -0.15) is 0 Å². The lowest BCUT2D eigenvalue weighted by Crippen LogP contribution is -2.48. The average Bonchev–Trinajstić information content (AvgIpc) is 3.21. The molecule has 31 heavy (non-hydrogen) atoms. The number of halogens is 1. The molecule has 0 N–H and O–H groups in total. The third-order valence-corrected chi connectivity index (χ3v) is 6.40. The van der Waals surface area contributed by atoms with Gasteiger partial charge in [0, 0.05) is 24.4 Å². The molecule has 5 nitrogen and oxygen atoms in total. The number of rotatable bonds is 9. The summed E-state index contributed by atoms with van der Waals surface area (Å²) in [5.74, 6) is -0.0820. The predicted octanol–water partition coefficient (Wildman–Crippen LogP) is 4.68. The molecule has 1 aromatic heterocycles. The molecular weight excluding hydrogens is 415 g/mol. The second-order valence-electron chi connectivity index (χ2n) is 8.31. The van der Waals surface area contributed by atoms with E-state index < -0.39 is 5.82 Å². The van der Waals surface area contributed by atoms with Crippen molar-refractivity contribution in [1.82, 2.24) is 9.80 Å². The maximum absolute atomic E-state index is 14.0. The lowest BCUT2D eigenvalue weighted by Gasteiger charge is -2.37. The Kier molecular flexibility index (Phi) is 8.07. The van der Waals surface area contributed by atoms with E-state index >= 15 is 0 Å². The summed E-state index contributed by atoms with van der Waals surface area (Å²) in [6.45, 7) is 7.37. The number of hydrogen-bond donors (Lipinski definition) is 0. The van der Waals surface area contributed by atoms with Crippen LogP contribution in [0.3, 0.4) is 0 Å². The summed E-state index contributed by atoms with van der Waals surface area (Å²) in [5, 5.41) is 2.02. The molecule has 1 aliphatic rings. The number of thiophene rings is 1. The van der Waals surface area contributed by atoms with E-state index in [0.717, 1.165) is 18.4 Å². The molecule has 0 saturated heterocycles. The minimum absolute atomic E-state index is 0.0117. The van der Waals surface area contributed by atoms with Gasteiger partial charge in [0.05, 0.1) is 12.6 Å². The van der Waals surface area contributed by atoms with Crippen molar-refractivity contribution in [1.29, 1.82) is 0 Å². The first kappa shape index (κ1) is 23.3. The van der Waals surface area contributed by atoms with Crippen molar-refractivity contribution >= 4 is 23.2 Å². The number of fused-ring (bicyclic) bond motifs is 1. The molecular formula is C24H31FN2O3S. The summed E-state index contributed by atoms with van der Waals surface area (Å²) < 4.78 is 19.8. The third kappa shape index (κ3) is 5.85. The maximum Gasteiger partial charge on any atom is 0.242 e. The molecule has 0 unspecified atom stereocenters. The Morgan fingerprint density at radius 1 is 1.29 bits per heavy atom. The first-order valence-electron chi connectivity index (χ1n) is 10.9. The van der Waals surface area contributed by atoms with Crippen LogP contribution in [0.25, 0.3) is 0 Å². The molecule has 7 heteroatoms. The Balaban J connectivity index is 1.76. The van der Waals surface area contributed by atoms with Crippen LogP contribution in [0.4, 0.5) is 4.39 Å². The van der Waals surface area contributed by atoms with Crippen LogP contribution in [0.15, 0.2) is 35.7 Å². The number of para-hydroxylation sites is 1. The van der Waals surface area contributed by atoms with E-state index in [2.05, 4.69) is 0 Å². The van der Waals surface area contributed by atoms with Crippen LogP contribution in [-0.4, -0.2) is 47.9 Å². The monoisotopic (exact) mass is 446 g/mol. The van der Waals surface area contributed by atoms with Crippen LogP contribution in [-0.2, 0) is 16.0 Å². The Morgan fingerprint density at radius 3 is 2.77 bits per heavy atom. The molecule has 3 rings (SSSR count). The van der Waals surface area contributed by atoms with Crippen molar-refractivity contribution in [3.63, 3.8) is 0 Å². The number of nitrogens with zero attached hydrogens (tertiary/aromatic N) is 2. The van der Waals surface area contributed by atoms with Crippen molar-refractivity contribution < 1.29 is 18.7 Å². The fourth-order valence-corrected chi connectivity index (χ4v) is 4.83. The summed E-state index contributed by atoms with van der Waals surface area (Å²) in [6, 6.07) is 8.01. The van der Waals surface area contributed by atoms with Crippen LogP contribution < -0.4 is 4.74 Å². The standard InChI is InChI=1S/C24H31FN2O3S/c1-4-11-26(23(28)14-17(2)3)15-24(29)27-12-9-22-18(10-13-31-22)20(27)16-30-21-8-6-5-7-19(21)25/h5-8,10,13,17,20H,4,9,11-12,14-16H2,1-3H3/t20-/m1/s1. The largest absolute Gasteiger partial charge is 0.488 e. The quantitative estimate of drug-likeness (QED) is 0.562. The van der Waals surface area contributed by atoms with Gasteiger partial charge >= 0.3 is 0 Å². The van der Waals surface area contributed by atoms with Crippen LogP contribution in [0, 0.1) is 11.7 Å². The highest BCUT2D eigenvalue weighted by Gasteiger charge is 2.33. The zero-order chi connectivity index (χ0) is 22.4. The van der Waals surface area contributed by atoms with Gasteiger partial charge in [0.15, 0.2) is 11.6 Å². The van der Waals surface area contributed by atoms with Gasteiger partial charge in [0.25, 0.3) is 0 Å². The highest BCUT2D eigenvalue weighted by Crippen LogP contribution is 2.34. The second-order valence-corrected chi connectivity index (χ2v) is 9.31. The molecule has 1 atom stereocenters. The van der Waals surface area contributed by atoms with Gasteiger partial charge in [-0.15, -0.1) is 11.3 Å². The summed E-state index contributed by atoms with van der Waals surface area (Å²) in [6.07, 6.45) is 2.01. The molecule has 2 aromatic rings. The fraction of sp³-hybridized carbons (Fsp3) is 0.500. The summed E-state index contributed by atoms with van der Waals surface area (Å²) >= 11 is 1.67. The molecule has 2 amide bonds. The van der Waals surface area contributed by atoms with Gasteiger partial charge in [-0.25, -0.2) is 4.39 Å². The van der Waals surface area contributed by atoms with Crippen molar-refractivity contribution in [2.75, 3.05) is 26.2 Å². The Labute approximate surface area is 187 Å². The van der Waals surface area contributed by atoms with E-state index in [1.165, 1.54) is 10.9 Å². The van der Waals surface area contributed by atoms with Crippen LogP contribution in [0.5, 0.6) is 5.75 Å². The van der Waals surface area contributed by atoms with Crippen LogP contribution in [0.1, 0.15) is 50.1 Å². The van der Waals surface area contributed by atoms with E-state index in [9.17, 15) is 14.0 Å². The second kappa shape index (κ2) is 10.8. The van der Waals surface area contributed by atoms with Crippen molar-refractivity contribution in [3.8, 4) is 5.75 Å². The molecule has 1 aliphatic heterocycles. The van der Waals surface area contributed by atoms with E-state index in [1.54, 1.807) is 39.3 Å². The smallest absolute Gasteiger partial charge is 0.242 e. The molecule has 2 heterocycles. The topological polar surface area (TPSA) is 49.9 Å². The maximum atomic E-state index is 14.0. The SMILES string of the molecule is CCCN(CC(=O)N1CCc2sccc2[C@H]1COc1ccccc1F)C(=O)CC(C)C. The fourth-order valence-electron chi connectivity index (χ4n) is 3.90. The number of carbonyl (C=O) groups is 2. The molecule has 168 valence electrons. The minimum atomic E-state index is -0.421. The van der Waals surface area contributed by atoms with E-state index in [0.29, 0.717) is 19.5 Å². The lowest BCUT2D eigenvalue weighted by atomic mass is 10.00. The first-order valence-corrected chi connectivity index (χ1v) is 11.8. The van der Waals surface area contributed by atoms with Gasteiger partial charge in [0.2, 0.25) is 11.8 Å². The predicted molar refractivity (Wildman–Crippen MR) is 121 cm³/mol. The Morgan fingerprint density at radius 2 is 2.06 bits per heavy atom. The van der Waals surface area contributed by atoms with Gasteiger partial charge in [-0.3, -0.25) is 9.59 Å². The number of amides is 2. The number of hydrogen-bond acceptors (Lipinski definition) is 4. The highest BCUT2D eigenvalue weighted by molar-refractivity contribution is 7.10. The molecule has 0 fully saturated rings. The minimum Gasteiger partial charge on any atom is -0.488 e. The van der Waals surface area contributed by atoms with Crippen molar-refractivity contribution in [2.24, 2.45) is 5.92 Å². The van der Waals surface area contributed by atoms with Gasteiger partial charge in [0.1, 0.15) is 6.61 Å². The molecule has 0 bridgehead atoms. The summed E-state index contributed by atoms with van der Waals surface area (Å²) in [4.78, 5) is 30.6. The Bertz CT molecular complexity index is 898. The molecule has 0 radical (unpaired) electrons. The highest BCUT2D eigenvalue weighted by atomic mass is 32.1. The number of benzene rings is 1. The average molecular weight is 447 g/mol. The lowest BCUT2D eigenvalue weighted by molar-refractivity contribution is -0.143. The zero-order valence-corrected chi connectivity index (χ0v) is 19.3. The van der Waals surface area contributed by atoms with Gasteiger partial charge in [-0.05, 0) is 47.9 Å². The summed E-state index contributed by atoms with van der Waals surface area (Å²) in [5.41, 5.74) is 1.05. The molecule has 0 spiro atoms. The molecule has 1 aromatic carbocycles. The van der Waals surface area contributed by atoms with Gasteiger partial charge in [-0.1, -0.05) is 32.9 Å². The van der Waals surface area contributed by atoms with Crippen LogP contribution >= 0.6 is 11.3 Å². The number of carbonyl (C=O) groups excluding carboxylic acids is 2. The molecule has 0 saturated carbocycles. The van der Waals surface area contributed by atoms with Crippen molar-refractivity contribution in [2.45, 2.75) is 46.1 Å². The van der Waals surface area contributed by atoms with E-state index in [-0.39, 0.29) is 42.7 Å².